The van der Waals surface area contributed by atoms with Crippen molar-refractivity contribution in [3.8, 4) is 16.2 Å². The zero-order valence-corrected chi connectivity index (χ0v) is 18.8. The minimum Gasteiger partial charge on any atom is -0.488 e. The smallest absolute Gasteiger partial charge is 0.270 e. The van der Waals surface area contributed by atoms with Crippen molar-refractivity contribution in [3.63, 3.8) is 0 Å². The number of benzene rings is 2. The maximum absolute atomic E-state index is 13.2. The van der Waals surface area contributed by atoms with Crippen LogP contribution in [0.15, 0.2) is 54.1 Å². The van der Waals surface area contributed by atoms with Crippen molar-refractivity contribution in [2.24, 2.45) is 0 Å². The molecule has 5 rings (SSSR count). The third kappa shape index (κ3) is 3.64. The van der Waals surface area contributed by atoms with Gasteiger partial charge >= 0.3 is 0 Å². The fraction of sp³-hybridized carbons (Fsp3) is 0.0455. The van der Waals surface area contributed by atoms with E-state index in [1.165, 1.54) is 16.2 Å². The van der Waals surface area contributed by atoms with Crippen LogP contribution in [-0.4, -0.2) is 16.9 Å². The lowest BCUT2D eigenvalue weighted by Crippen LogP contribution is -2.54. The molecule has 0 atom stereocenters. The van der Waals surface area contributed by atoms with E-state index in [0.29, 0.717) is 22.3 Å². The lowest BCUT2D eigenvalue weighted by molar-refractivity contribution is -0.122. The highest BCUT2D eigenvalue weighted by Crippen LogP contribution is 2.44. The van der Waals surface area contributed by atoms with Crippen LogP contribution in [0, 0.1) is 0 Å². The predicted octanol–water partition coefficient (Wildman–Crippen LogP) is 5.45. The van der Waals surface area contributed by atoms with Gasteiger partial charge in [-0.3, -0.25) is 19.8 Å². The number of nitrogens with zero attached hydrogens (tertiary/aromatic N) is 1. The summed E-state index contributed by atoms with van der Waals surface area (Å²) >= 11 is 18.8. The molecule has 0 unspecified atom stereocenters. The molecular formula is C22H12Cl2N2O3S2. The average Bonchev–Trinajstić information content (AvgIpc) is 3.16. The zero-order valence-electron chi connectivity index (χ0n) is 15.6. The van der Waals surface area contributed by atoms with Crippen molar-refractivity contribution in [1.29, 1.82) is 0 Å². The second-order valence-electron chi connectivity index (χ2n) is 6.87. The Hall–Kier alpha value is -2.71. The first-order chi connectivity index (χ1) is 14.9. The van der Waals surface area contributed by atoms with Crippen molar-refractivity contribution in [2.75, 3.05) is 4.90 Å². The minimum atomic E-state index is -0.536. The number of rotatable bonds is 2. The summed E-state index contributed by atoms with van der Waals surface area (Å²) in [6.45, 7) is 0.408. The molecule has 1 N–H and O–H groups in total. The van der Waals surface area contributed by atoms with Crippen LogP contribution in [0.25, 0.3) is 16.5 Å². The molecule has 5 nitrogen and oxygen atoms in total. The highest BCUT2D eigenvalue weighted by atomic mass is 35.5. The number of hydrogen-bond acceptors (Lipinski definition) is 5. The molecule has 3 heterocycles. The van der Waals surface area contributed by atoms with Crippen molar-refractivity contribution in [2.45, 2.75) is 6.61 Å². The minimum absolute atomic E-state index is 0.00520. The van der Waals surface area contributed by atoms with E-state index in [1.807, 2.05) is 18.2 Å². The average molecular weight is 487 g/mol. The lowest BCUT2D eigenvalue weighted by atomic mass is 10.1. The summed E-state index contributed by atoms with van der Waals surface area (Å²) in [5.74, 6) is -0.280. The molecule has 154 valence electrons. The quantitative estimate of drug-likeness (QED) is 0.297. The first-order valence-electron chi connectivity index (χ1n) is 9.13. The highest BCUT2D eigenvalue weighted by molar-refractivity contribution is 7.80. The largest absolute Gasteiger partial charge is 0.488 e. The third-order valence-electron chi connectivity index (χ3n) is 4.87. The maximum atomic E-state index is 13.2. The molecule has 0 aliphatic carbocycles. The summed E-state index contributed by atoms with van der Waals surface area (Å²) < 4.78 is 5.79. The van der Waals surface area contributed by atoms with E-state index >= 15 is 0 Å². The van der Waals surface area contributed by atoms with E-state index in [2.05, 4.69) is 5.32 Å². The van der Waals surface area contributed by atoms with Gasteiger partial charge in [-0.25, -0.2) is 0 Å². The van der Waals surface area contributed by atoms with Gasteiger partial charge < -0.3 is 4.74 Å². The standard InChI is InChI=1S/C22H12Cl2N2O3S2/c23-12-1-4-14(5-2-12)26-21(28)17(20(27)25-22(26)30)9-15-7-11-10-29-18-6-3-13(24)8-16(18)19(11)31-15/h1-9H,10H2,(H,25,27,30). The van der Waals surface area contributed by atoms with Gasteiger partial charge in [0.05, 0.1) is 5.69 Å². The first kappa shape index (κ1) is 20.2. The molecular weight excluding hydrogens is 475 g/mol. The van der Waals surface area contributed by atoms with Crippen molar-refractivity contribution in [3.05, 3.63) is 74.6 Å². The number of amides is 2. The molecule has 2 amide bonds. The van der Waals surface area contributed by atoms with Crippen LogP contribution in [0.2, 0.25) is 10.0 Å². The van der Waals surface area contributed by atoms with E-state index in [4.69, 9.17) is 40.2 Å². The summed E-state index contributed by atoms with van der Waals surface area (Å²) in [5, 5.41) is 3.75. The third-order valence-corrected chi connectivity index (χ3v) is 6.80. The normalized spacial score (nSPS) is 16.6. The molecule has 2 aliphatic rings. The molecule has 31 heavy (non-hydrogen) atoms. The Morgan fingerprint density at radius 1 is 1.06 bits per heavy atom. The fourth-order valence-electron chi connectivity index (χ4n) is 3.44. The van der Waals surface area contributed by atoms with E-state index in [9.17, 15) is 9.59 Å². The molecule has 1 fully saturated rings. The molecule has 9 heteroatoms. The second-order valence-corrected chi connectivity index (χ2v) is 9.21. The molecule has 1 saturated heterocycles. The maximum Gasteiger partial charge on any atom is 0.270 e. The Labute approximate surface area is 196 Å². The Bertz CT molecular complexity index is 1300. The number of hydrogen-bond donors (Lipinski definition) is 1. The van der Waals surface area contributed by atoms with Crippen molar-refractivity contribution < 1.29 is 14.3 Å². The molecule has 0 spiro atoms. The number of thiophene rings is 1. The van der Waals surface area contributed by atoms with E-state index in [0.717, 1.165) is 26.6 Å². The fourth-order valence-corrected chi connectivity index (χ4v) is 5.15. The zero-order chi connectivity index (χ0) is 21.7. The number of nitrogens with one attached hydrogen (secondary N) is 1. The Morgan fingerprint density at radius 2 is 1.81 bits per heavy atom. The summed E-state index contributed by atoms with van der Waals surface area (Å²) in [6.07, 6.45) is 1.58. The molecule has 1 aromatic heterocycles. The van der Waals surface area contributed by atoms with Gasteiger partial charge in [0.25, 0.3) is 11.8 Å². The van der Waals surface area contributed by atoms with Gasteiger partial charge in [0.2, 0.25) is 0 Å². The van der Waals surface area contributed by atoms with E-state index in [1.54, 1.807) is 36.4 Å². The van der Waals surface area contributed by atoms with Crippen LogP contribution in [0.1, 0.15) is 10.4 Å². The molecule has 0 radical (unpaired) electrons. The number of anilines is 1. The SMILES string of the molecule is O=C1NC(=S)N(c2ccc(Cl)cc2)C(=O)C1=Cc1cc2c(s1)-c1cc(Cl)ccc1OC2. The van der Waals surface area contributed by atoms with Crippen LogP contribution in [0.3, 0.4) is 0 Å². The van der Waals surface area contributed by atoms with Crippen LogP contribution in [0.4, 0.5) is 5.69 Å². The molecule has 0 bridgehead atoms. The number of ether oxygens (including phenoxy) is 1. The van der Waals surface area contributed by atoms with Gasteiger partial charge in [-0.2, -0.15) is 0 Å². The lowest BCUT2D eigenvalue weighted by Gasteiger charge is -2.28. The summed E-state index contributed by atoms with van der Waals surface area (Å²) in [6, 6.07) is 14.0. The number of thiocarbonyl (C=S) groups is 1. The topological polar surface area (TPSA) is 58.6 Å². The van der Waals surface area contributed by atoms with Gasteiger partial charge in [0, 0.05) is 30.9 Å². The Balaban J connectivity index is 1.53. The first-order valence-corrected chi connectivity index (χ1v) is 11.1. The summed E-state index contributed by atoms with van der Waals surface area (Å²) in [4.78, 5) is 28.8. The summed E-state index contributed by atoms with van der Waals surface area (Å²) in [5.41, 5.74) is 2.38. The molecule has 3 aromatic rings. The number of carbonyl (C=O) groups is 2. The van der Waals surface area contributed by atoms with Crippen LogP contribution in [0.5, 0.6) is 5.75 Å². The van der Waals surface area contributed by atoms with Crippen molar-refractivity contribution in [1.82, 2.24) is 5.32 Å². The predicted molar refractivity (Wildman–Crippen MR) is 127 cm³/mol. The van der Waals surface area contributed by atoms with E-state index in [-0.39, 0.29) is 10.7 Å². The monoisotopic (exact) mass is 486 g/mol. The van der Waals surface area contributed by atoms with Gasteiger partial charge in [0.15, 0.2) is 5.11 Å². The molecule has 2 aromatic carbocycles. The van der Waals surface area contributed by atoms with Crippen LogP contribution >= 0.6 is 46.8 Å². The Kier molecular flexibility index (Phi) is 5.06. The number of carbonyl (C=O) groups excluding carboxylic acids is 2. The number of fused-ring (bicyclic) bond motifs is 3. The van der Waals surface area contributed by atoms with Crippen molar-refractivity contribution >= 4 is 75.4 Å². The Morgan fingerprint density at radius 3 is 2.58 bits per heavy atom. The molecule has 0 saturated carbocycles. The van der Waals surface area contributed by atoms with Gasteiger partial charge in [0.1, 0.15) is 17.9 Å². The van der Waals surface area contributed by atoms with Crippen LogP contribution in [-0.2, 0) is 16.2 Å². The molecule has 2 aliphatic heterocycles. The highest BCUT2D eigenvalue weighted by Gasteiger charge is 2.34. The summed E-state index contributed by atoms with van der Waals surface area (Å²) in [7, 11) is 0. The van der Waals surface area contributed by atoms with E-state index < -0.39 is 11.8 Å². The van der Waals surface area contributed by atoms with Gasteiger partial charge in [-0.1, -0.05) is 23.2 Å². The second kappa shape index (κ2) is 7.76. The van der Waals surface area contributed by atoms with Gasteiger partial charge in [-0.15, -0.1) is 11.3 Å². The van der Waals surface area contributed by atoms with Crippen LogP contribution < -0.4 is 15.0 Å². The van der Waals surface area contributed by atoms with Gasteiger partial charge in [-0.05, 0) is 66.8 Å². The number of halogens is 2.